The fraction of sp³-hybridized carbons (Fsp3) is 0.500. The largest absolute Gasteiger partial charge is 0.349 e. The molecule has 3 heterocycles. The SMILES string of the molecule is CCCCCn1c(=O)c(N2CCN(C)CC2)nc2sc3ccccc3c21. The van der Waals surface area contributed by atoms with Gasteiger partial charge in [0.05, 0.1) is 5.52 Å². The molecule has 1 aliphatic rings. The molecule has 0 unspecified atom stereocenters. The molecule has 1 saturated heterocycles. The number of unbranched alkanes of at least 4 members (excludes halogenated alkanes) is 2. The minimum atomic E-state index is 0.0710. The van der Waals surface area contributed by atoms with Gasteiger partial charge in [0.1, 0.15) is 4.83 Å². The Balaban J connectivity index is 1.87. The number of hydrogen-bond donors (Lipinski definition) is 0. The lowest BCUT2D eigenvalue weighted by molar-refractivity contribution is 0.311. The molecule has 0 saturated carbocycles. The van der Waals surface area contributed by atoms with E-state index in [1.807, 2.05) is 10.6 Å². The predicted molar refractivity (Wildman–Crippen MR) is 111 cm³/mol. The molecule has 0 aliphatic carbocycles. The molecule has 1 aromatic carbocycles. The zero-order valence-electron chi connectivity index (χ0n) is 15.6. The van der Waals surface area contributed by atoms with Crippen LogP contribution < -0.4 is 10.5 Å². The third-order valence-corrected chi connectivity index (χ3v) is 6.31. The van der Waals surface area contributed by atoms with Gasteiger partial charge in [0, 0.05) is 42.8 Å². The molecule has 1 aliphatic heterocycles. The van der Waals surface area contributed by atoms with Crippen LogP contribution in [0.25, 0.3) is 20.4 Å². The summed E-state index contributed by atoms with van der Waals surface area (Å²) in [6.45, 7) is 6.64. The van der Waals surface area contributed by atoms with E-state index in [0.717, 1.165) is 67.7 Å². The molecule has 0 atom stereocenters. The smallest absolute Gasteiger partial charge is 0.294 e. The summed E-state index contributed by atoms with van der Waals surface area (Å²) >= 11 is 1.69. The predicted octanol–water partition coefficient (Wildman–Crippen LogP) is 3.55. The van der Waals surface area contributed by atoms with E-state index in [1.165, 1.54) is 4.70 Å². The monoisotopic (exact) mass is 370 g/mol. The summed E-state index contributed by atoms with van der Waals surface area (Å²) in [5, 5.41) is 1.15. The Morgan fingerprint density at radius 3 is 2.65 bits per heavy atom. The van der Waals surface area contributed by atoms with Gasteiger partial charge >= 0.3 is 0 Å². The Labute approximate surface area is 157 Å². The first-order chi connectivity index (χ1) is 12.7. The summed E-state index contributed by atoms with van der Waals surface area (Å²) in [6, 6.07) is 8.33. The maximum Gasteiger partial charge on any atom is 0.294 e. The number of anilines is 1. The van der Waals surface area contributed by atoms with E-state index in [1.54, 1.807) is 11.3 Å². The molecule has 26 heavy (non-hydrogen) atoms. The molecular weight excluding hydrogens is 344 g/mol. The van der Waals surface area contributed by atoms with Gasteiger partial charge < -0.3 is 14.4 Å². The van der Waals surface area contributed by atoms with Gasteiger partial charge in [0.2, 0.25) is 0 Å². The minimum absolute atomic E-state index is 0.0710. The van der Waals surface area contributed by atoms with Crippen molar-refractivity contribution in [3.8, 4) is 0 Å². The number of hydrogen-bond acceptors (Lipinski definition) is 5. The van der Waals surface area contributed by atoms with Crippen molar-refractivity contribution in [2.45, 2.75) is 32.7 Å². The molecule has 3 aromatic rings. The number of thiophene rings is 1. The summed E-state index contributed by atoms with van der Waals surface area (Å²) in [5.74, 6) is 0.633. The van der Waals surface area contributed by atoms with Gasteiger partial charge in [-0.15, -0.1) is 11.3 Å². The van der Waals surface area contributed by atoms with E-state index in [4.69, 9.17) is 4.98 Å². The molecule has 138 valence electrons. The Morgan fingerprint density at radius 1 is 1.12 bits per heavy atom. The second kappa shape index (κ2) is 7.37. The van der Waals surface area contributed by atoms with Crippen molar-refractivity contribution in [1.29, 1.82) is 0 Å². The molecular formula is C20H26N4OS. The van der Waals surface area contributed by atoms with Crippen LogP contribution in [-0.4, -0.2) is 47.7 Å². The highest BCUT2D eigenvalue weighted by molar-refractivity contribution is 7.25. The van der Waals surface area contributed by atoms with Crippen molar-refractivity contribution in [1.82, 2.24) is 14.5 Å². The highest BCUT2D eigenvalue weighted by Gasteiger charge is 2.22. The van der Waals surface area contributed by atoms with Crippen LogP contribution in [0.2, 0.25) is 0 Å². The van der Waals surface area contributed by atoms with Crippen molar-refractivity contribution >= 4 is 37.6 Å². The molecule has 6 heteroatoms. The number of rotatable bonds is 5. The summed E-state index contributed by atoms with van der Waals surface area (Å²) in [6.07, 6.45) is 3.32. The van der Waals surface area contributed by atoms with E-state index in [-0.39, 0.29) is 5.56 Å². The van der Waals surface area contributed by atoms with Crippen molar-refractivity contribution < 1.29 is 0 Å². The molecule has 0 bridgehead atoms. The van der Waals surface area contributed by atoms with Crippen LogP contribution in [0.4, 0.5) is 5.82 Å². The van der Waals surface area contributed by atoms with Gasteiger partial charge in [-0.1, -0.05) is 38.0 Å². The topological polar surface area (TPSA) is 41.4 Å². The number of aromatic nitrogens is 2. The maximum absolute atomic E-state index is 13.3. The third kappa shape index (κ3) is 3.12. The van der Waals surface area contributed by atoms with Crippen LogP contribution in [0.5, 0.6) is 0 Å². The number of likely N-dealkylation sites (N-methyl/N-ethyl adjacent to an activating group) is 1. The average molecular weight is 371 g/mol. The van der Waals surface area contributed by atoms with Gasteiger partial charge in [-0.25, -0.2) is 4.98 Å². The second-order valence-electron chi connectivity index (χ2n) is 7.14. The molecule has 0 amide bonds. The van der Waals surface area contributed by atoms with Crippen LogP contribution in [0.3, 0.4) is 0 Å². The van der Waals surface area contributed by atoms with Gasteiger partial charge in [-0.2, -0.15) is 0 Å². The number of nitrogens with zero attached hydrogens (tertiary/aromatic N) is 4. The lowest BCUT2D eigenvalue weighted by atomic mass is 10.2. The quantitative estimate of drug-likeness (QED) is 0.644. The number of benzene rings is 1. The normalized spacial score (nSPS) is 16.0. The standard InChI is InChI=1S/C20H26N4OS/c1-3-4-7-10-24-17-15-8-5-6-9-16(15)26-19(17)21-18(20(24)25)23-13-11-22(2)12-14-23/h5-6,8-9H,3-4,7,10-14H2,1-2H3. The van der Waals surface area contributed by atoms with Crippen molar-refractivity contribution in [3.05, 3.63) is 34.6 Å². The summed E-state index contributed by atoms with van der Waals surface area (Å²) in [5.41, 5.74) is 1.09. The van der Waals surface area contributed by atoms with Crippen LogP contribution in [0.1, 0.15) is 26.2 Å². The Kier molecular flexibility index (Phi) is 4.96. The summed E-state index contributed by atoms with van der Waals surface area (Å²) in [4.78, 5) is 23.6. The van der Waals surface area contributed by atoms with Crippen molar-refractivity contribution in [3.63, 3.8) is 0 Å². The van der Waals surface area contributed by atoms with Gasteiger partial charge in [0.15, 0.2) is 5.82 Å². The molecule has 0 spiro atoms. The molecule has 5 nitrogen and oxygen atoms in total. The number of piperazine rings is 1. The van der Waals surface area contributed by atoms with Gasteiger partial charge in [-0.3, -0.25) is 4.79 Å². The Morgan fingerprint density at radius 2 is 1.88 bits per heavy atom. The number of fused-ring (bicyclic) bond motifs is 3. The van der Waals surface area contributed by atoms with Crippen molar-refractivity contribution in [2.24, 2.45) is 0 Å². The highest BCUT2D eigenvalue weighted by atomic mass is 32.1. The maximum atomic E-state index is 13.3. The lowest BCUT2D eigenvalue weighted by Crippen LogP contribution is -2.47. The van der Waals surface area contributed by atoms with E-state index in [2.05, 4.69) is 42.0 Å². The van der Waals surface area contributed by atoms with E-state index >= 15 is 0 Å². The Hall–Kier alpha value is -1.92. The molecule has 1 fully saturated rings. The lowest BCUT2D eigenvalue weighted by Gasteiger charge is -2.32. The van der Waals surface area contributed by atoms with Gasteiger partial charge in [-0.05, 0) is 19.5 Å². The third-order valence-electron chi connectivity index (χ3n) is 5.25. The zero-order valence-corrected chi connectivity index (χ0v) is 16.4. The fourth-order valence-corrected chi connectivity index (χ4v) is 4.76. The van der Waals surface area contributed by atoms with E-state index in [0.29, 0.717) is 5.82 Å². The first-order valence-corrected chi connectivity index (χ1v) is 10.4. The summed E-state index contributed by atoms with van der Waals surface area (Å²) in [7, 11) is 2.13. The second-order valence-corrected chi connectivity index (χ2v) is 8.17. The number of aryl methyl sites for hydroxylation is 1. The first kappa shape index (κ1) is 17.5. The first-order valence-electron chi connectivity index (χ1n) is 9.54. The Bertz CT molecular complexity index is 969. The fourth-order valence-electron chi connectivity index (χ4n) is 3.68. The minimum Gasteiger partial charge on any atom is -0.349 e. The highest BCUT2D eigenvalue weighted by Crippen LogP contribution is 2.32. The molecule has 4 rings (SSSR count). The van der Waals surface area contributed by atoms with Crippen molar-refractivity contribution in [2.75, 3.05) is 38.1 Å². The van der Waals surface area contributed by atoms with E-state index < -0.39 is 0 Å². The van der Waals surface area contributed by atoms with Crippen LogP contribution in [0.15, 0.2) is 29.1 Å². The van der Waals surface area contributed by atoms with Crippen LogP contribution in [-0.2, 0) is 6.54 Å². The van der Waals surface area contributed by atoms with E-state index in [9.17, 15) is 4.79 Å². The molecule has 2 aromatic heterocycles. The molecule has 0 N–H and O–H groups in total. The summed E-state index contributed by atoms with van der Waals surface area (Å²) < 4.78 is 3.19. The van der Waals surface area contributed by atoms with Crippen LogP contribution >= 0.6 is 11.3 Å². The average Bonchev–Trinajstić information content (AvgIpc) is 3.02. The van der Waals surface area contributed by atoms with Gasteiger partial charge in [0.25, 0.3) is 5.56 Å². The molecule has 0 radical (unpaired) electrons. The van der Waals surface area contributed by atoms with Crippen LogP contribution in [0, 0.1) is 0 Å². The zero-order chi connectivity index (χ0) is 18.1.